The summed E-state index contributed by atoms with van der Waals surface area (Å²) in [6.45, 7) is 0. The van der Waals surface area contributed by atoms with Gasteiger partial charge in [0.15, 0.2) is 5.16 Å². The van der Waals surface area contributed by atoms with Gasteiger partial charge in [-0.2, -0.15) is 0 Å². The number of hydrogen-bond acceptors (Lipinski definition) is 5. The number of carbonyl (C=O) groups excluding carboxylic acids is 2. The maximum absolute atomic E-state index is 12.4. The summed E-state index contributed by atoms with van der Waals surface area (Å²) in [5.74, 6) is -0.913. The zero-order valence-electron chi connectivity index (χ0n) is 13.9. The molecule has 0 aliphatic carbocycles. The number of rotatable bonds is 5. The fourth-order valence-corrected chi connectivity index (χ4v) is 3.22. The van der Waals surface area contributed by atoms with Gasteiger partial charge in [0, 0.05) is 7.05 Å². The zero-order valence-corrected chi connectivity index (χ0v) is 14.7. The van der Waals surface area contributed by atoms with Gasteiger partial charge in [0.2, 0.25) is 5.91 Å². The quantitative estimate of drug-likeness (QED) is 0.527. The van der Waals surface area contributed by atoms with Gasteiger partial charge in [0.1, 0.15) is 0 Å². The van der Waals surface area contributed by atoms with Crippen molar-refractivity contribution in [2.75, 3.05) is 11.1 Å². The average Bonchev–Trinajstić information content (AvgIpc) is 2.64. The molecule has 3 rings (SSSR count). The molecule has 8 heteroatoms. The van der Waals surface area contributed by atoms with Gasteiger partial charge in [-0.15, -0.1) is 0 Å². The van der Waals surface area contributed by atoms with Crippen LogP contribution >= 0.6 is 11.8 Å². The second kappa shape index (κ2) is 7.40. The fraction of sp³-hybridized carbons (Fsp3) is 0.111. The Morgan fingerprint density at radius 2 is 1.85 bits per heavy atom. The van der Waals surface area contributed by atoms with Crippen LogP contribution < -0.4 is 16.6 Å². The molecule has 0 atom stereocenters. The Hall–Kier alpha value is -3.13. The molecule has 0 unspecified atom stereocenters. The molecule has 0 fully saturated rings. The van der Waals surface area contributed by atoms with Crippen molar-refractivity contribution in [2.24, 2.45) is 12.8 Å². The van der Waals surface area contributed by atoms with Crippen molar-refractivity contribution in [1.82, 2.24) is 9.55 Å². The Labute approximate surface area is 153 Å². The third kappa shape index (κ3) is 3.60. The molecule has 0 saturated heterocycles. The second-order valence-corrected chi connectivity index (χ2v) is 6.46. The molecule has 2 amide bonds. The summed E-state index contributed by atoms with van der Waals surface area (Å²) < 4.78 is 1.41. The number of para-hydroxylation sites is 2. The molecule has 0 spiro atoms. The molecule has 2 aromatic carbocycles. The van der Waals surface area contributed by atoms with Gasteiger partial charge in [-0.3, -0.25) is 19.0 Å². The minimum Gasteiger partial charge on any atom is -0.366 e. The Morgan fingerprint density at radius 1 is 1.15 bits per heavy atom. The summed E-state index contributed by atoms with van der Waals surface area (Å²) in [7, 11) is 1.62. The highest BCUT2D eigenvalue weighted by Crippen LogP contribution is 2.18. The summed E-state index contributed by atoms with van der Waals surface area (Å²) >= 11 is 1.14. The Kier molecular flexibility index (Phi) is 5.04. The molecular weight excluding hydrogens is 352 g/mol. The monoisotopic (exact) mass is 368 g/mol. The third-order valence-corrected chi connectivity index (χ3v) is 4.77. The first-order valence-corrected chi connectivity index (χ1v) is 8.73. The van der Waals surface area contributed by atoms with Gasteiger partial charge in [0.25, 0.3) is 11.5 Å². The number of carbonyl (C=O) groups is 2. The van der Waals surface area contributed by atoms with Crippen LogP contribution in [0, 0.1) is 0 Å². The predicted molar refractivity (Wildman–Crippen MR) is 101 cm³/mol. The van der Waals surface area contributed by atoms with Crippen LogP contribution in [0.5, 0.6) is 0 Å². The van der Waals surface area contributed by atoms with Crippen molar-refractivity contribution in [3.05, 3.63) is 64.4 Å². The van der Waals surface area contributed by atoms with Gasteiger partial charge in [0.05, 0.1) is 27.9 Å². The maximum atomic E-state index is 12.4. The first-order chi connectivity index (χ1) is 12.5. The highest BCUT2D eigenvalue weighted by atomic mass is 32.2. The highest BCUT2D eigenvalue weighted by molar-refractivity contribution is 7.99. The van der Waals surface area contributed by atoms with E-state index >= 15 is 0 Å². The Morgan fingerprint density at radius 3 is 2.62 bits per heavy atom. The average molecular weight is 368 g/mol. The number of anilines is 1. The second-order valence-electron chi connectivity index (χ2n) is 5.52. The number of benzene rings is 2. The van der Waals surface area contributed by atoms with Gasteiger partial charge < -0.3 is 11.1 Å². The smallest absolute Gasteiger partial charge is 0.261 e. The van der Waals surface area contributed by atoms with Crippen molar-refractivity contribution in [2.45, 2.75) is 5.16 Å². The van der Waals surface area contributed by atoms with E-state index in [9.17, 15) is 14.4 Å². The molecular formula is C18H16N4O3S. The minimum atomic E-state index is -0.618. The summed E-state index contributed by atoms with van der Waals surface area (Å²) in [4.78, 5) is 40.4. The number of thioether (sulfide) groups is 1. The van der Waals surface area contributed by atoms with Crippen LogP contribution in [-0.2, 0) is 11.8 Å². The van der Waals surface area contributed by atoms with Crippen LogP contribution in [0.15, 0.2) is 58.5 Å². The largest absolute Gasteiger partial charge is 0.366 e. The molecule has 0 radical (unpaired) electrons. The van der Waals surface area contributed by atoms with Crippen molar-refractivity contribution in [3.63, 3.8) is 0 Å². The summed E-state index contributed by atoms with van der Waals surface area (Å²) in [6, 6.07) is 13.6. The molecule has 3 aromatic rings. The van der Waals surface area contributed by atoms with E-state index in [0.717, 1.165) is 11.8 Å². The first kappa shape index (κ1) is 17.7. The number of aromatic nitrogens is 2. The normalized spacial score (nSPS) is 10.7. The lowest BCUT2D eigenvalue weighted by Gasteiger charge is -2.10. The van der Waals surface area contributed by atoms with Gasteiger partial charge in [-0.25, -0.2) is 4.98 Å². The number of primary amides is 1. The highest BCUT2D eigenvalue weighted by Gasteiger charge is 2.13. The van der Waals surface area contributed by atoms with Crippen molar-refractivity contribution in [1.29, 1.82) is 0 Å². The van der Waals surface area contributed by atoms with E-state index < -0.39 is 5.91 Å². The van der Waals surface area contributed by atoms with E-state index in [1.807, 2.05) is 0 Å². The Balaban J connectivity index is 1.76. The fourth-order valence-electron chi connectivity index (χ4n) is 2.45. The number of nitrogens with two attached hydrogens (primary N) is 1. The van der Waals surface area contributed by atoms with E-state index in [1.54, 1.807) is 55.6 Å². The molecule has 0 aliphatic rings. The van der Waals surface area contributed by atoms with Crippen LogP contribution in [-0.4, -0.2) is 27.1 Å². The van der Waals surface area contributed by atoms with Crippen LogP contribution in [0.4, 0.5) is 5.69 Å². The lowest BCUT2D eigenvalue weighted by Crippen LogP contribution is -2.22. The van der Waals surface area contributed by atoms with E-state index in [0.29, 0.717) is 21.7 Å². The predicted octanol–water partition coefficient (Wildman–Crippen LogP) is 1.76. The number of fused-ring (bicyclic) bond motifs is 1. The maximum Gasteiger partial charge on any atom is 0.261 e. The lowest BCUT2D eigenvalue weighted by molar-refractivity contribution is -0.113. The number of hydrogen-bond donors (Lipinski definition) is 2. The molecule has 0 aliphatic heterocycles. The van der Waals surface area contributed by atoms with Crippen molar-refractivity contribution < 1.29 is 9.59 Å². The third-order valence-electron chi connectivity index (χ3n) is 3.74. The number of nitrogens with one attached hydrogen (secondary N) is 1. The molecule has 0 bridgehead atoms. The first-order valence-electron chi connectivity index (χ1n) is 7.74. The van der Waals surface area contributed by atoms with Gasteiger partial charge >= 0.3 is 0 Å². The van der Waals surface area contributed by atoms with Crippen LogP contribution in [0.2, 0.25) is 0 Å². The molecule has 26 heavy (non-hydrogen) atoms. The van der Waals surface area contributed by atoms with E-state index in [-0.39, 0.29) is 22.8 Å². The minimum absolute atomic E-state index is 0.0334. The lowest BCUT2D eigenvalue weighted by atomic mass is 10.1. The van der Waals surface area contributed by atoms with Crippen LogP contribution in [0.1, 0.15) is 10.4 Å². The van der Waals surface area contributed by atoms with Gasteiger partial charge in [-0.1, -0.05) is 36.0 Å². The van der Waals surface area contributed by atoms with Gasteiger partial charge in [-0.05, 0) is 24.3 Å². The van der Waals surface area contributed by atoms with Crippen molar-refractivity contribution >= 4 is 40.2 Å². The molecule has 132 valence electrons. The van der Waals surface area contributed by atoms with Crippen LogP contribution in [0.25, 0.3) is 10.9 Å². The van der Waals surface area contributed by atoms with Crippen molar-refractivity contribution in [3.8, 4) is 0 Å². The summed E-state index contributed by atoms with van der Waals surface area (Å²) in [6.07, 6.45) is 0. The number of nitrogens with zero attached hydrogens (tertiary/aromatic N) is 2. The summed E-state index contributed by atoms with van der Waals surface area (Å²) in [5.41, 5.74) is 6.30. The Bertz CT molecular complexity index is 1060. The van der Waals surface area contributed by atoms with Crippen LogP contribution in [0.3, 0.4) is 0 Å². The SMILES string of the molecule is Cn1c(SCC(=O)Nc2ccccc2C(N)=O)nc2ccccc2c1=O. The molecule has 1 heterocycles. The topological polar surface area (TPSA) is 107 Å². The molecule has 1 aromatic heterocycles. The zero-order chi connectivity index (χ0) is 18.7. The molecule has 0 saturated carbocycles. The van der Waals surface area contributed by atoms with E-state index in [4.69, 9.17) is 5.73 Å². The molecule has 7 nitrogen and oxygen atoms in total. The molecule has 3 N–H and O–H groups in total. The van der Waals surface area contributed by atoms with E-state index in [1.165, 1.54) is 4.57 Å². The summed E-state index contributed by atoms with van der Waals surface area (Å²) in [5, 5.41) is 3.62. The number of amides is 2. The van der Waals surface area contributed by atoms with E-state index in [2.05, 4.69) is 10.3 Å². The standard InChI is InChI=1S/C18H16N4O3S/c1-22-17(25)12-7-3-5-9-14(12)21-18(22)26-10-15(23)20-13-8-4-2-6-11(13)16(19)24/h2-9H,10H2,1H3,(H2,19,24)(H,20,23).